The molecule has 0 bridgehead atoms. The second-order valence-corrected chi connectivity index (χ2v) is 10.1. The molecule has 1 aromatic rings. The van der Waals surface area contributed by atoms with Crippen LogP contribution >= 0.6 is 0 Å². The van der Waals surface area contributed by atoms with E-state index in [0.717, 1.165) is 45.1 Å². The van der Waals surface area contributed by atoms with Crippen LogP contribution in [0, 0.1) is 23.7 Å². The van der Waals surface area contributed by atoms with E-state index in [1.165, 1.54) is 24.8 Å². The summed E-state index contributed by atoms with van der Waals surface area (Å²) in [6, 6.07) is 7.55. The second kappa shape index (κ2) is 8.82. The predicted octanol–water partition coefficient (Wildman–Crippen LogP) is 5.85. The largest absolute Gasteiger partial charge is 0.478 e. The first kappa shape index (κ1) is 21.5. The van der Waals surface area contributed by atoms with Gasteiger partial charge in [-0.2, -0.15) is 0 Å². The Morgan fingerprint density at radius 3 is 2.47 bits per heavy atom. The first-order chi connectivity index (χ1) is 14.4. The zero-order chi connectivity index (χ0) is 21.3. The van der Waals surface area contributed by atoms with E-state index in [0.29, 0.717) is 35.2 Å². The van der Waals surface area contributed by atoms with Crippen LogP contribution in [0.1, 0.15) is 93.5 Å². The van der Waals surface area contributed by atoms with E-state index < -0.39 is 11.6 Å². The van der Waals surface area contributed by atoms with Crippen molar-refractivity contribution >= 4 is 11.8 Å². The highest BCUT2D eigenvalue weighted by Crippen LogP contribution is 2.50. The van der Waals surface area contributed by atoms with Crippen molar-refractivity contribution in [1.29, 1.82) is 0 Å². The SMILES string of the molecule is CC(=O)[C@@]1(C2CC2)CCC(C2CCCC[C@H](c3cccc(C(=O)O)c3)C(C)C2)CO1. The normalized spacial score (nSPS) is 35.3. The van der Waals surface area contributed by atoms with Gasteiger partial charge in [0.1, 0.15) is 5.60 Å². The summed E-state index contributed by atoms with van der Waals surface area (Å²) < 4.78 is 6.36. The van der Waals surface area contributed by atoms with Gasteiger partial charge in [-0.15, -0.1) is 0 Å². The molecule has 5 atom stereocenters. The molecule has 1 heterocycles. The number of rotatable bonds is 5. The van der Waals surface area contributed by atoms with Crippen LogP contribution in [0.3, 0.4) is 0 Å². The Hall–Kier alpha value is -1.68. The number of ketones is 1. The molecule has 1 aliphatic heterocycles. The lowest BCUT2D eigenvalue weighted by molar-refractivity contribution is -0.161. The van der Waals surface area contributed by atoms with E-state index in [-0.39, 0.29) is 5.78 Å². The monoisotopic (exact) mass is 412 g/mol. The third-order valence-electron chi connectivity index (χ3n) is 8.20. The van der Waals surface area contributed by atoms with Gasteiger partial charge in [0, 0.05) is 0 Å². The minimum atomic E-state index is -0.850. The van der Waals surface area contributed by atoms with Gasteiger partial charge in [-0.1, -0.05) is 38.3 Å². The summed E-state index contributed by atoms with van der Waals surface area (Å²) in [6.07, 6.45) is 10.2. The number of Topliss-reactive ketones (excluding diaryl/α,β-unsaturated/α-hetero) is 1. The molecule has 1 N–H and O–H groups in total. The summed E-state index contributed by atoms with van der Waals surface area (Å²) >= 11 is 0. The van der Waals surface area contributed by atoms with Crippen molar-refractivity contribution in [3.63, 3.8) is 0 Å². The molecule has 30 heavy (non-hydrogen) atoms. The number of carboxylic acid groups (broad SMARTS) is 1. The van der Waals surface area contributed by atoms with Crippen molar-refractivity contribution in [3.05, 3.63) is 35.4 Å². The Kier molecular flexibility index (Phi) is 6.34. The van der Waals surface area contributed by atoms with Crippen molar-refractivity contribution in [2.75, 3.05) is 6.61 Å². The molecule has 3 unspecified atom stereocenters. The molecule has 164 valence electrons. The molecule has 4 heteroatoms. The topological polar surface area (TPSA) is 63.6 Å². The number of ether oxygens (including phenoxy) is 1. The number of aromatic carboxylic acids is 1. The van der Waals surface area contributed by atoms with Gasteiger partial charge < -0.3 is 9.84 Å². The van der Waals surface area contributed by atoms with Gasteiger partial charge in [0.2, 0.25) is 0 Å². The van der Waals surface area contributed by atoms with Crippen molar-refractivity contribution in [2.45, 2.75) is 83.2 Å². The van der Waals surface area contributed by atoms with Crippen molar-refractivity contribution in [1.82, 2.24) is 0 Å². The summed E-state index contributed by atoms with van der Waals surface area (Å²) in [5.74, 6) is 1.95. The van der Waals surface area contributed by atoms with Crippen LogP contribution in [0.2, 0.25) is 0 Å². The van der Waals surface area contributed by atoms with Crippen LogP contribution in [0.15, 0.2) is 24.3 Å². The zero-order valence-electron chi connectivity index (χ0n) is 18.4. The van der Waals surface area contributed by atoms with Crippen LogP contribution in [0.5, 0.6) is 0 Å². The first-order valence-corrected chi connectivity index (χ1v) is 11.9. The molecule has 3 fully saturated rings. The fourth-order valence-corrected chi connectivity index (χ4v) is 6.26. The minimum absolute atomic E-state index is 0.230. The highest BCUT2D eigenvalue weighted by Gasteiger charge is 2.52. The molecule has 2 aliphatic carbocycles. The van der Waals surface area contributed by atoms with Gasteiger partial charge >= 0.3 is 5.97 Å². The number of carbonyl (C=O) groups excluding carboxylic acids is 1. The molecule has 0 radical (unpaired) electrons. The highest BCUT2D eigenvalue weighted by molar-refractivity contribution is 5.87. The first-order valence-electron chi connectivity index (χ1n) is 11.9. The third kappa shape index (κ3) is 4.34. The summed E-state index contributed by atoms with van der Waals surface area (Å²) in [5, 5.41) is 9.37. The van der Waals surface area contributed by atoms with Crippen molar-refractivity contribution < 1.29 is 19.4 Å². The third-order valence-corrected chi connectivity index (χ3v) is 8.20. The van der Waals surface area contributed by atoms with E-state index in [2.05, 4.69) is 13.0 Å². The summed E-state index contributed by atoms with van der Waals surface area (Å²) in [6.45, 7) is 4.78. The molecule has 1 saturated heterocycles. The Bertz CT molecular complexity index is 773. The lowest BCUT2D eigenvalue weighted by Gasteiger charge is -2.43. The average Bonchev–Trinajstić information content (AvgIpc) is 3.57. The average molecular weight is 413 g/mol. The van der Waals surface area contributed by atoms with Crippen LogP contribution in [-0.4, -0.2) is 29.1 Å². The fourth-order valence-electron chi connectivity index (χ4n) is 6.26. The van der Waals surface area contributed by atoms with Gasteiger partial charge in [0.25, 0.3) is 0 Å². The molecule has 3 aliphatic rings. The Morgan fingerprint density at radius 2 is 1.83 bits per heavy atom. The van der Waals surface area contributed by atoms with Gasteiger partial charge in [0.05, 0.1) is 12.2 Å². The van der Waals surface area contributed by atoms with Crippen molar-refractivity contribution in [3.8, 4) is 0 Å². The molecule has 4 nitrogen and oxygen atoms in total. The number of carbonyl (C=O) groups is 2. The van der Waals surface area contributed by atoms with Crippen LogP contribution in [-0.2, 0) is 9.53 Å². The molecular weight excluding hydrogens is 376 g/mol. The molecule has 1 aromatic carbocycles. The van der Waals surface area contributed by atoms with Gasteiger partial charge in [-0.3, -0.25) is 4.79 Å². The second-order valence-electron chi connectivity index (χ2n) is 10.1. The number of benzene rings is 1. The van der Waals surface area contributed by atoms with Crippen molar-refractivity contribution in [2.24, 2.45) is 23.7 Å². The quantitative estimate of drug-likeness (QED) is 0.659. The molecule has 0 spiro atoms. The Labute approximate surface area is 180 Å². The number of carboxylic acids is 1. The van der Waals surface area contributed by atoms with Gasteiger partial charge in [0.15, 0.2) is 5.78 Å². The maximum absolute atomic E-state index is 12.3. The molecule has 4 rings (SSSR count). The summed E-state index contributed by atoms with van der Waals surface area (Å²) in [4.78, 5) is 23.8. The van der Waals surface area contributed by atoms with Crippen LogP contribution in [0.25, 0.3) is 0 Å². The smallest absolute Gasteiger partial charge is 0.335 e. The Morgan fingerprint density at radius 1 is 1.07 bits per heavy atom. The van der Waals surface area contributed by atoms with Gasteiger partial charge in [-0.05, 0) is 92.7 Å². The maximum Gasteiger partial charge on any atom is 0.335 e. The minimum Gasteiger partial charge on any atom is -0.478 e. The lowest BCUT2D eigenvalue weighted by Crippen LogP contribution is -2.48. The number of hydrogen-bond donors (Lipinski definition) is 1. The zero-order valence-corrected chi connectivity index (χ0v) is 18.4. The van der Waals surface area contributed by atoms with E-state index >= 15 is 0 Å². The number of hydrogen-bond acceptors (Lipinski definition) is 3. The highest BCUT2D eigenvalue weighted by atomic mass is 16.5. The van der Waals surface area contributed by atoms with Gasteiger partial charge in [-0.25, -0.2) is 4.79 Å². The molecule has 2 saturated carbocycles. The molecule has 0 amide bonds. The van der Waals surface area contributed by atoms with Crippen LogP contribution in [0.4, 0.5) is 0 Å². The lowest BCUT2D eigenvalue weighted by atomic mass is 9.69. The standard InChI is InChI=1S/C26H36O4/c1-17-14-19(22-12-13-26(18(2)27,30-16-22)23-10-11-23)6-3-4-9-24(17)20-7-5-8-21(15-20)25(28)29/h5,7-8,15,17,19,22-24H,3-4,6,9-14,16H2,1-2H3,(H,28,29)/t17?,19?,22?,24-,26+/m0/s1. The fraction of sp³-hybridized carbons (Fsp3) is 0.692. The molecular formula is C26H36O4. The van der Waals surface area contributed by atoms with Crippen LogP contribution < -0.4 is 0 Å². The van der Waals surface area contributed by atoms with E-state index in [1.807, 2.05) is 12.1 Å². The van der Waals surface area contributed by atoms with E-state index in [1.54, 1.807) is 13.0 Å². The molecule has 0 aromatic heterocycles. The predicted molar refractivity (Wildman–Crippen MR) is 117 cm³/mol. The Balaban J connectivity index is 1.43. The van der Waals surface area contributed by atoms with E-state index in [4.69, 9.17) is 4.74 Å². The summed E-state index contributed by atoms with van der Waals surface area (Å²) in [7, 11) is 0. The summed E-state index contributed by atoms with van der Waals surface area (Å²) in [5.41, 5.74) is 1.08. The maximum atomic E-state index is 12.3. The van der Waals surface area contributed by atoms with E-state index in [9.17, 15) is 14.7 Å².